The number of hydrogen-bond acceptors (Lipinski definition) is 6. The van der Waals surface area contributed by atoms with E-state index in [-0.39, 0.29) is 6.10 Å². The molecule has 0 aliphatic heterocycles. The molecule has 4 rings (SSSR count). The van der Waals surface area contributed by atoms with Gasteiger partial charge in [0.2, 0.25) is 0 Å². The Morgan fingerprint density at radius 1 is 1.07 bits per heavy atom. The van der Waals surface area contributed by atoms with Crippen LogP contribution in [0.1, 0.15) is 25.7 Å². The molecular weight excluding hydrogens is 380 g/mol. The van der Waals surface area contributed by atoms with Gasteiger partial charge in [-0.3, -0.25) is 4.55 Å². The highest BCUT2D eigenvalue weighted by molar-refractivity contribution is 7.85. The molecule has 0 atom stereocenters. The van der Waals surface area contributed by atoms with Crippen molar-refractivity contribution in [3.05, 3.63) is 42.6 Å². The van der Waals surface area contributed by atoms with Crippen LogP contribution in [0.3, 0.4) is 0 Å². The minimum atomic E-state index is -3.67. The normalized spacial score (nSPS) is 19.7. The number of aliphatic hydroxyl groups is 1. The smallest absolute Gasteiger partial charge is 0.261 e. The summed E-state index contributed by atoms with van der Waals surface area (Å²) < 4.78 is 25.9. The maximum absolute atomic E-state index is 9.67. The van der Waals surface area contributed by atoms with E-state index >= 15 is 0 Å². The highest BCUT2D eigenvalue weighted by atomic mass is 32.2. The van der Waals surface area contributed by atoms with Crippen LogP contribution in [0.25, 0.3) is 22.4 Å². The third-order valence-corrected chi connectivity index (χ3v) is 4.49. The lowest BCUT2D eigenvalue weighted by Gasteiger charge is -2.26. The number of nitrogens with one attached hydrogen (secondary N) is 2. The predicted octanol–water partition coefficient (Wildman–Crippen LogP) is 2.84. The zero-order valence-corrected chi connectivity index (χ0v) is 16.4. The van der Waals surface area contributed by atoms with Crippen molar-refractivity contribution in [2.45, 2.75) is 37.8 Å². The van der Waals surface area contributed by atoms with Gasteiger partial charge in [0.05, 0.1) is 17.7 Å². The predicted molar refractivity (Wildman–Crippen MR) is 109 cm³/mol. The number of aliphatic hydroxyl groups excluding tert-OH is 1. The van der Waals surface area contributed by atoms with Gasteiger partial charge in [0.25, 0.3) is 10.1 Å². The molecule has 4 N–H and O–H groups in total. The minimum Gasteiger partial charge on any atom is -0.393 e. The number of H-pyrrole nitrogens is 1. The molecule has 1 aliphatic carbocycles. The third kappa shape index (κ3) is 5.75. The van der Waals surface area contributed by atoms with Crippen LogP contribution in [0.2, 0.25) is 0 Å². The third-order valence-electron chi connectivity index (χ3n) is 4.49. The fraction of sp³-hybridized carbons (Fsp3) is 0.368. The van der Waals surface area contributed by atoms with Gasteiger partial charge in [-0.2, -0.15) is 8.42 Å². The molecule has 2 aromatic heterocycles. The molecule has 1 fully saturated rings. The van der Waals surface area contributed by atoms with Gasteiger partial charge >= 0.3 is 0 Å². The first kappa shape index (κ1) is 20.2. The van der Waals surface area contributed by atoms with Crippen LogP contribution >= 0.6 is 0 Å². The molecule has 28 heavy (non-hydrogen) atoms. The summed E-state index contributed by atoms with van der Waals surface area (Å²) in [5, 5.41) is 14.2. The van der Waals surface area contributed by atoms with Gasteiger partial charge in [-0.05, 0) is 31.7 Å². The molecule has 3 aromatic rings. The first-order valence-corrected chi connectivity index (χ1v) is 10.9. The summed E-state index contributed by atoms with van der Waals surface area (Å²) in [6, 6.07) is 12.4. The van der Waals surface area contributed by atoms with Crippen LogP contribution in [0.4, 0.5) is 5.82 Å². The SMILES string of the molecule is CS(=O)(=O)O.O[C@H]1CC[C@H](Nc2nc(-c3ccccc3)nc3[nH]ccc23)CC1. The fourth-order valence-electron chi connectivity index (χ4n) is 3.18. The second-order valence-corrected chi connectivity index (χ2v) is 8.35. The van der Waals surface area contributed by atoms with Gasteiger partial charge < -0.3 is 15.4 Å². The first-order valence-electron chi connectivity index (χ1n) is 9.07. The molecule has 0 saturated heterocycles. The lowest BCUT2D eigenvalue weighted by Crippen LogP contribution is -2.28. The van der Waals surface area contributed by atoms with Crippen molar-refractivity contribution < 1.29 is 18.1 Å². The fourth-order valence-corrected chi connectivity index (χ4v) is 3.18. The molecule has 1 saturated carbocycles. The lowest BCUT2D eigenvalue weighted by atomic mass is 9.93. The number of fused-ring (bicyclic) bond motifs is 1. The van der Waals surface area contributed by atoms with Gasteiger partial charge in [0, 0.05) is 17.8 Å². The number of benzene rings is 1. The van der Waals surface area contributed by atoms with E-state index in [2.05, 4.69) is 15.3 Å². The van der Waals surface area contributed by atoms with Crippen LogP contribution in [-0.4, -0.2) is 51.4 Å². The van der Waals surface area contributed by atoms with Crippen LogP contribution in [-0.2, 0) is 10.1 Å². The average Bonchev–Trinajstić information content (AvgIpc) is 3.12. The van der Waals surface area contributed by atoms with Crippen molar-refractivity contribution in [1.82, 2.24) is 15.0 Å². The molecule has 150 valence electrons. The van der Waals surface area contributed by atoms with Crippen LogP contribution < -0.4 is 5.32 Å². The zero-order chi connectivity index (χ0) is 20.1. The Hall–Kier alpha value is -2.49. The van der Waals surface area contributed by atoms with Crippen LogP contribution in [0, 0.1) is 0 Å². The van der Waals surface area contributed by atoms with Gasteiger partial charge in [-0.25, -0.2) is 9.97 Å². The Bertz CT molecular complexity index is 1000. The van der Waals surface area contributed by atoms with E-state index in [1.165, 1.54) is 0 Å². The standard InChI is InChI=1S/C18H20N4O.CH4O3S/c23-14-8-6-13(7-9-14)20-18-15-10-11-19-17(15)21-16(22-18)12-4-2-1-3-5-12;1-5(2,3)4/h1-5,10-11,13-14,23H,6-9H2,(H2,19,20,21,22);1H3,(H,2,3,4)/t13-,14-;. The van der Waals surface area contributed by atoms with E-state index in [1.807, 2.05) is 42.6 Å². The van der Waals surface area contributed by atoms with Crippen molar-refractivity contribution in [1.29, 1.82) is 0 Å². The number of aromatic amines is 1. The average molecular weight is 404 g/mol. The molecule has 1 aromatic carbocycles. The molecule has 0 amide bonds. The van der Waals surface area contributed by atoms with Crippen LogP contribution in [0.15, 0.2) is 42.6 Å². The number of hydrogen-bond donors (Lipinski definition) is 4. The Labute approximate surface area is 163 Å². The van der Waals surface area contributed by atoms with Gasteiger partial charge in [0.15, 0.2) is 5.82 Å². The summed E-state index contributed by atoms with van der Waals surface area (Å²) in [6.07, 6.45) is 6.10. The van der Waals surface area contributed by atoms with Gasteiger partial charge in [-0.15, -0.1) is 0 Å². The molecule has 1 aliphatic rings. The minimum absolute atomic E-state index is 0.148. The maximum atomic E-state index is 9.67. The Morgan fingerprint density at radius 2 is 1.71 bits per heavy atom. The van der Waals surface area contributed by atoms with Crippen molar-refractivity contribution in [3.63, 3.8) is 0 Å². The number of aromatic nitrogens is 3. The second-order valence-electron chi connectivity index (χ2n) is 6.88. The van der Waals surface area contributed by atoms with E-state index < -0.39 is 10.1 Å². The summed E-state index contributed by atoms with van der Waals surface area (Å²) >= 11 is 0. The number of nitrogens with zero attached hydrogens (tertiary/aromatic N) is 2. The Balaban J connectivity index is 0.000000403. The van der Waals surface area contributed by atoms with Crippen molar-refractivity contribution in [3.8, 4) is 11.4 Å². The van der Waals surface area contributed by atoms with E-state index in [1.54, 1.807) is 0 Å². The van der Waals surface area contributed by atoms with E-state index in [0.29, 0.717) is 12.3 Å². The monoisotopic (exact) mass is 404 g/mol. The van der Waals surface area contributed by atoms with Crippen molar-refractivity contribution >= 4 is 27.0 Å². The largest absolute Gasteiger partial charge is 0.393 e. The number of rotatable bonds is 3. The molecule has 0 unspecified atom stereocenters. The molecule has 9 heteroatoms. The molecular formula is C19H24N4O4S. The molecule has 0 spiro atoms. The summed E-state index contributed by atoms with van der Waals surface area (Å²) in [7, 11) is -3.67. The highest BCUT2D eigenvalue weighted by Crippen LogP contribution is 2.27. The topological polar surface area (TPSA) is 128 Å². The summed E-state index contributed by atoms with van der Waals surface area (Å²) in [6.45, 7) is 0. The van der Waals surface area contributed by atoms with E-state index in [9.17, 15) is 13.5 Å². The van der Waals surface area contributed by atoms with Crippen molar-refractivity contribution in [2.24, 2.45) is 0 Å². The maximum Gasteiger partial charge on any atom is 0.261 e. The Morgan fingerprint density at radius 3 is 2.36 bits per heavy atom. The summed E-state index contributed by atoms with van der Waals surface area (Å²) in [4.78, 5) is 12.6. The lowest BCUT2D eigenvalue weighted by molar-refractivity contribution is 0.126. The van der Waals surface area contributed by atoms with Crippen LogP contribution in [0.5, 0.6) is 0 Å². The summed E-state index contributed by atoms with van der Waals surface area (Å²) in [5.74, 6) is 1.59. The highest BCUT2D eigenvalue weighted by Gasteiger charge is 2.21. The van der Waals surface area contributed by atoms with E-state index in [0.717, 1.165) is 53.9 Å². The quantitative estimate of drug-likeness (QED) is 0.494. The second kappa shape index (κ2) is 8.68. The van der Waals surface area contributed by atoms with E-state index in [4.69, 9.17) is 9.54 Å². The first-order chi connectivity index (χ1) is 13.3. The van der Waals surface area contributed by atoms with Crippen molar-refractivity contribution in [2.75, 3.05) is 11.6 Å². The molecule has 0 bridgehead atoms. The summed E-state index contributed by atoms with van der Waals surface area (Å²) in [5.41, 5.74) is 1.85. The number of anilines is 1. The van der Waals surface area contributed by atoms with Gasteiger partial charge in [0.1, 0.15) is 11.5 Å². The molecule has 2 heterocycles. The molecule has 0 radical (unpaired) electrons. The van der Waals surface area contributed by atoms with Gasteiger partial charge in [-0.1, -0.05) is 30.3 Å². The Kier molecular flexibility index (Phi) is 6.28. The zero-order valence-electron chi connectivity index (χ0n) is 15.5. The molecule has 8 nitrogen and oxygen atoms in total.